The highest BCUT2D eigenvalue weighted by atomic mass is 32.2. The number of carbonyl (C=O) groups excluding carboxylic acids is 2. The highest BCUT2D eigenvalue weighted by molar-refractivity contribution is 7.99. The zero-order valence-corrected chi connectivity index (χ0v) is 19.0. The van der Waals surface area contributed by atoms with Gasteiger partial charge in [-0.2, -0.15) is 0 Å². The van der Waals surface area contributed by atoms with E-state index in [4.69, 9.17) is 9.47 Å². The maximum atomic E-state index is 12.5. The maximum Gasteiger partial charge on any atom is 0.412 e. The van der Waals surface area contributed by atoms with Gasteiger partial charge in [0, 0.05) is 5.69 Å². The molecule has 0 atom stereocenters. The summed E-state index contributed by atoms with van der Waals surface area (Å²) in [5.41, 5.74) is 0.286. The minimum Gasteiger partial charge on any atom is -0.495 e. The van der Waals surface area contributed by atoms with E-state index in [1.165, 1.54) is 31.7 Å². The average molecular weight is 449 g/mol. The highest BCUT2D eigenvalue weighted by Gasteiger charge is 2.22. The first-order valence-corrected chi connectivity index (χ1v) is 11.1. The van der Waals surface area contributed by atoms with Crippen molar-refractivity contribution in [3.05, 3.63) is 18.2 Å². The van der Waals surface area contributed by atoms with Crippen LogP contribution < -0.4 is 15.4 Å². The average Bonchev–Trinajstić information content (AvgIpc) is 3.36. The highest BCUT2D eigenvalue weighted by Crippen LogP contribution is 2.32. The van der Waals surface area contributed by atoms with E-state index in [1.54, 1.807) is 39.0 Å². The van der Waals surface area contributed by atoms with Crippen molar-refractivity contribution in [3.63, 3.8) is 0 Å². The minimum atomic E-state index is -0.631. The Hall–Kier alpha value is -2.82. The molecule has 0 radical (unpaired) electrons. The van der Waals surface area contributed by atoms with Gasteiger partial charge in [-0.1, -0.05) is 24.6 Å². The molecule has 0 spiro atoms. The topological polar surface area (TPSA) is 120 Å². The molecule has 1 aromatic heterocycles. The molecule has 168 valence electrons. The quantitative estimate of drug-likeness (QED) is 0.612. The summed E-state index contributed by atoms with van der Waals surface area (Å²) in [6.45, 7) is 5.34. The molecule has 1 aliphatic carbocycles. The van der Waals surface area contributed by atoms with E-state index in [2.05, 4.69) is 26.2 Å². The molecule has 1 saturated carbocycles. The Morgan fingerprint density at radius 2 is 1.97 bits per heavy atom. The van der Waals surface area contributed by atoms with E-state index in [0.717, 1.165) is 12.8 Å². The molecular formula is C20H28N6O4S. The van der Waals surface area contributed by atoms with E-state index in [0.29, 0.717) is 28.3 Å². The molecule has 3 rings (SSSR count). The number of anilines is 2. The van der Waals surface area contributed by atoms with E-state index >= 15 is 0 Å². The number of thioether (sulfide) groups is 1. The number of carbonyl (C=O) groups is 2. The summed E-state index contributed by atoms with van der Waals surface area (Å²) in [7, 11) is 1.50. The Bertz CT molecular complexity index is 921. The number of hydrogen-bond acceptors (Lipinski definition) is 8. The lowest BCUT2D eigenvalue weighted by Crippen LogP contribution is -2.27. The zero-order chi connectivity index (χ0) is 22.4. The molecule has 0 saturated heterocycles. The number of benzene rings is 1. The first-order valence-electron chi connectivity index (χ1n) is 10.1. The molecule has 1 aliphatic rings. The second kappa shape index (κ2) is 9.99. The number of hydrogen-bond donors (Lipinski definition) is 2. The van der Waals surface area contributed by atoms with Gasteiger partial charge in [0.1, 0.15) is 11.4 Å². The van der Waals surface area contributed by atoms with Crippen molar-refractivity contribution >= 4 is 35.1 Å². The number of nitrogens with one attached hydrogen (secondary N) is 2. The maximum absolute atomic E-state index is 12.5. The van der Waals surface area contributed by atoms with E-state index in [1.807, 2.05) is 4.68 Å². The van der Waals surface area contributed by atoms with Crippen molar-refractivity contribution in [1.29, 1.82) is 0 Å². The monoisotopic (exact) mass is 448 g/mol. The molecular weight excluding hydrogens is 420 g/mol. The lowest BCUT2D eigenvalue weighted by Gasteiger charge is -2.20. The standard InChI is InChI=1S/C20H28N6O4S/c1-20(2,3)30-19(28)22-15-11-13(9-10-16(15)29-4)21-17(27)12-31-18-23-24-25-26(18)14-7-5-6-8-14/h9-11,14H,5-8,12H2,1-4H3,(H,21,27)(H,22,28). The van der Waals surface area contributed by atoms with E-state index in [-0.39, 0.29) is 11.7 Å². The number of rotatable bonds is 7. The van der Waals surface area contributed by atoms with Crippen molar-refractivity contribution in [2.24, 2.45) is 0 Å². The van der Waals surface area contributed by atoms with Gasteiger partial charge in [-0.3, -0.25) is 10.1 Å². The number of aromatic nitrogens is 4. The van der Waals surface area contributed by atoms with Gasteiger partial charge in [0.25, 0.3) is 0 Å². The third-order valence-corrected chi connectivity index (χ3v) is 5.52. The van der Waals surface area contributed by atoms with Gasteiger partial charge in [-0.25, -0.2) is 9.48 Å². The smallest absolute Gasteiger partial charge is 0.412 e. The predicted molar refractivity (Wildman–Crippen MR) is 118 cm³/mol. The van der Waals surface area contributed by atoms with Crippen LogP contribution in [0.5, 0.6) is 5.75 Å². The molecule has 0 aliphatic heterocycles. The molecule has 2 N–H and O–H groups in total. The third kappa shape index (κ3) is 6.58. The number of amides is 2. The van der Waals surface area contributed by atoms with Gasteiger partial charge in [0.2, 0.25) is 11.1 Å². The summed E-state index contributed by atoms with van der Waals surface area (Å²) < 4.78 is 12.4. The fraction of sp³-hybridized carbons (Fsp3) is 0.550. The first kappa shape index (κ1) is 22.9. The zero-order valence-electron chi connectivity index (χ0n) is 18.2. The van der Waals surface area contributed by atoms with Crippen LogP contribution in [0.3, 0.4) is 0 Å². The number of ether oxygens (including phenoxy) is 2. The molecule has 31 heavy (non-hydrogen) atoms. The molecule has 11 heteroatoms. The van der Waals surface area contributed by atoms with Crippen molar-refractivity contribution in [1.82, 2.24) is 20.2 Å². The van der Waals surface area contributed by atoms with Crippen LogP contribution in [0.25, 0.3) is 0 Å². The molecule has 1 aromatic carbocycles. The SMILES string of the molecule is COc1ccc(NC(=O)CSc2nnnn2C2CCCC2)cc1NC(=O)OC(C)(C)C. The summed E-state index contributed by atoms with van der Waals surface area (Å²) in [5.74, 6) is 0.404. The number of nitrogens with zero attached hydrogens (tertiary/aromatic N) is 4. The molecule has 1 heterocycles. The summed E-state index contributed by atoms with van der Waals surface area (Å²) in [5, 5.41) is 18.0. The number of tetrazole rings is 1. The Labute approximate surface area is 185 Å². The molecule has 0 unspecified atom stereocenters. The molecule has 1 fully saturated rings. The van der Waals surface area contributed by atoms with Gasteiger partial charge in [0.05, 0.1) is 24.6 Å². The predicted octanol–water partition coefficient (Wildman–Crippen LogP) is 3.87. The third-order valence-electron chi connectivity index (χ3n) is 4.58. The van der Waals surface area contributed by atoms with Crippen LogP contribution in [0, 0.1) is 0 Å². The normalized spacial score (nSPS) is 14.3. The van der Waals surface area contributed by atoms with Gasteiger partial charge >= 0.3 is 6.09 Å². The second-order valence-electron chi connectivity index (χ2n) is 8.22. The van der Waals surface area contributed by atoms with E-state index in [9.17, 15) is 9.59 Å². The molecule has 10 nitrogen and oxygen atoms in total. The van der Waals surface area contributed by atoms with Gasteiger partial charge in [-0.15, -0.1) is 5.10 Å². The molecule has 0 bridgehead atoms. The second-order valence-corrected chi connectivity index (χ2v) is 9.17. The Balaban J connectivity index is 1.60. The van der Waals surface area contributed by atoms with Crippen molar-refractivity contribution in [2.45, 2.75) is 63.3 Å². The van der Waals surface area contributed by atoms with Crippen molar-refractivity contribution in [3.8, 4) is 5.75 Å². The van der Waals surface area contributed by atoms with E-state index < -0.39 is 11.7 Å². The van der Waals surface area contributed by atoms with Crippen molar-refractivity contribution in [2.75, 3.05) is 23.5 Å². The van der Waals surface area contributed by atoms with Gasteiger partial charge < -0.3 is 14.8 Å². The summed E-state index contributed by atoms with van der Waals surface area (Å²) >= 11 is 1.30. The largest absolute Gasteiger partial charge is 0.495 e. The summed E-state index contributed by atoms with van der Waals surface area (Å²) in [6, 6.07) is 5.29. The van der Waals surface area contributed by atoms with Gasteiger partial charge in [0.15, 0.2) is 0 Å². The Kier molecular flexibility index (Phi) is 7.37. The first-order chi connectivity index (χ1) is 14.7. The van der Waals surface area contributed by atoms with Crippen LogP contribution in [0.2, 0.25) is 0 Å². The summed E-state index contributed by atoms with van der Waals surface area (Å²) in [4.78, 5) is 24.6. The summed E-state index contributed by atoms with van der Waals surface area (Å²) in [6.07, 6.45) is 3.86. The fourth-order valence-electron chi connectivity index (χ4n) is 3.28. The number of methoxy groups -OCH3 is 1. The van der Waals surface area contributed by atoms with Gasteiger partial charge in [-0.05, 0) is 62.2 Å². The Morgan fingerprint density at radius 1 is 1.23 bits per heavy atom. The minimum absolute atomic E-state index is 0.161. The molecule has 2 amide bonds. The Morgan fingerprint density at radius 3 is 2.65 bits per heavy atom. The van der Waals surface area contributed by atoms with Crippen LogP contribution in [-0.2, 0) is 9.53 Å². The lowest BCUT2D eigenvalue weighted by molar-refractivity contribution is -0.113. The lowest BCUT2D eigenvalue weighted by atomic mass is 10.2. The molecule has 2 aromatic rings. The van der Waals surface area contributed by atoms with Crippen LogP contribution in [0.1, 0.15) is 52.5 Å². The fourth-order valence-corrected chi connectivity index (χ4v) is 4.03. The van der Waals surface area contributed by atoms with Crippen LogP contribution in [-0.4, -0.2) is 50.7 Å². The van der Waals surface area contributed by atoms with Crippen LogP contribution in [0.4, 0.5) is 16.2 Å². The van der Waals surface area contributed by atoms with Crippen molar-refractivity contribution < 1.29 is 19.1 Å². The van der Waals surface area contributed by atoms with Crippen LogP contribution >= 0.6 is 11.8 Å². The van der Waals surface area contributed by atoms with Crippen LogP contribution in [0.15, 0.2) is 23.4 Å².